The van der Waals surface area contributed by atoms with Crippen molar-refractivity contribution in [2.45, 2.75) is 13.0 Å². The molecule has 1 saturated carbocycles. The van der Waals surface area contributed by atoms with Crippen molar-refractivity contribution < 1.29 is 52.7 Å². The van der Waals surface area contributed by atoms with Crippen LogP contribution >= 0.6 is 0 Å². The maximum Gasteiger partial charge on any atom is 0.185 e. The third kappa shape index (κ3) is 4.24. The normalized spacial score (nSPS) is 18.8. The molecule has 0 radical (unpaired) electrons. The molecule has 3 aromatic rings. The van der Waals surface area contributed by atoms with Crippen LogP contribution in [0.4, 0.5) is 64.1 Å². The van der Waals surface area contributed by atoms with Gasteiger partial charge in [-0.1, -0.05) is 0 Å². The Morgan fingerprint density at radius 2 is 0.978 bits per heavy atom. The molecule has 18 heteroatoms. The fourth-order valence-corrected chi connectivity index (χ4v) is 4.92. The molecule has 8 N–H and O–H groups in total. The van der Waals surface area contributed by atoms with Gasteiger partial charge in [-0.05, 0) is 18.1 Å². The number of hydrogen-bond acceptors (Lipinski definition) is 6. The van der Waals surface area contributed by atoms with Gasteiger partial charge in [0.1, 0.15) is 29.1 Å². The zero-order valence-electron chi connectivity index (χ0n) is 21.8. The number of benzene rings is 3. The Kier molecular flexibility index (Phi) is 7.72. The van der Waals surface area contributed by atoms with Crippen molar-refractivity contribution in [1.29, 1.82) is 10.5 Å². The molecular weight excluding hydrogens is 636 g/mol. The molecule has 1 fully saturated rings. The van der Waals surface area contributed by atoms with Crippen LogP contribution in [0.25, 0.3) is 11.3 Å². The van der Waals surface area contributed by atoms with E-state index in [1.165, 1.54) is 0 Å². The summed E-state index contributed by atoms with van der Waals surface area (Å²) in [6.45, 7) is 0.666. The summed E-state index contributed by atoms with van der Waals surface area (Å²) in [4.78, 5) is 0. The molecule has 0 bridgehead atoms. The van der Waals surface area contributed by atoms with Crippen LogP contribution in [-0.4, -0.2) is 0 Å². The second kappa shape index (κ2) is 10.7. The van der Waals surface area contributed by atoms with Crippen LogP contribution in [0.3, 0.4) is 0 Å². The first-order valence-corrected chi connectivity index (χ1v) is 11.7. The number of rotatable bonds is 4. The average Bonchev–Trinajstić information content (AvgIpc) is 3.64. The Bertz CT molecular complexity index is 1940. The number of hydrogen-bond donors (Lipinski definition) is 4. The van der Waals surface area contributed by atoms with Crippen molar-refractivity contribution in [3.05, 3.63) is 103 Å². The Balaban J connectivity index is 2.22. The predicted molar refractivity (Wildman–Crippen MR) is 131 cm³/mol. The van der Waals surface area contributed by atoms with Crippen LogP contribution in [0.15, 0.2) is 11.1 Å². The molecule has 0 saturated heterocycles. The lowest BCUT2D eigenvalue weighted by Crippen LogP contribution is -2.26. The summed E-state index contributed by atoms with van der Waals surface area (Å²) in [5, 5.41) is 18.7. The fourth-order valence-electron chi connectivity index (χ4n) is 4.92. The number of nitriles is 2. The molecule has 0 aliphatic heterocycles. The van der Waals surface area contributed by atoms with Gasteiger partial charge in [-0.2, -0.15) is 10.5 Å². The maximum absolute atomic E-state index is 15.0. The molecule has 45 heavy (non-hydrogen) atoms. The summed E-state index contributed by atoms with van der Waals surface area (Å²) in [6, 6.07) is -0.664. The van der Waals surface area contributed by atoms with E-state index in [2.05, 4.69) is 0 Å². The van der Waals surface area contributed by atoms with E-state index in [0.29, 0.717) is 6.92 Å². The molecule has 2 unspecified atom stereocenters. The van der Waals surface area contributed by atoms with Gasteiger partial charge in [0, 0.05) is 22.7 Å². The minimum absolute atomic E-state index is 0.666. The molecule has 4 rings (SSSR count). The Morgan fingerprint density at radius 1 is 0.600 bits per heavy atom. The number of nitrogens with two attached hydrogens (primary N) is 4. The van der Waals surface area contributed by atoms with Crippen LogP contribution in [0.5, 0.6) is 0 Å². The van der Waals surface area contributed by atoms with E-state index in [9.17, 15) is 49.2 Å². The van der Waals surface area contributed by atoms with Crippen molar-refractivity contribution in [3.63, 3.8) is 0 Å². The summed E-state index contributed by atoms with van der Waals surface area (Å²) in [5.41, 5.74) is 3.07. The summed E-state index contributed by atoms with van der Waals surface area (Å²) in [7, 11) is 0. The fraction of sp³-hybridized carbons (Fsp3) is 0.111. The molecule has 1 aliphatic rings. The number of anilines is 2. The lowest BCUT2D eigenvalue weighted by molar-refractivity contribution is 0.395. The zero-order valence-corrected chi connectivity index (χ0v) is 21.8. The third-order valence-corrected chi connectivity index (χ3v) is 7.31. The van der Waals surface area contributed by atoms with Crippen LogP contribution in [-0.2, 0) is 0 Å². The van der Waals surface area contributed by atoms with Gasteiger partial charge < -0.3 is 22.9 Å². The first kappa shape index (κ1) is 32.6. The zero-order chi connectivity index (χ0) is 34.2. The minimum atomic E-state index is -2.73. The highest BCUT2D eigenvalue weighted by Gasteiger charge is 2.61. The molecule has 234 valence electrons. The van der Waals surface area contributed by atoms with Crippen molar-refractivity contribution >= 4 is 22.6 Å². The van der Waals surface area contributed by atoms with Crippen LogP contribution in [0, 0.1) is 97.9 Å². The first-order chi connectivity index (χ1) is 20.8. The van der Waals surface area contributed by atoms with Gasteiger partial charge in [0.15, 0.2) is 69.8 Å². The molecule has 0 spiro atoms. The van der Waals surface area contributed by atoms with E-state index >= 15 is 8.78 Å². The highest BCUT2D eigenvalue weighted by atomic mass is 19.2. The number of nitrogens with zero attached hydrogens (tertiary/aromatic N) is 2. The van der Waals surface area contributed by atoms with Crippen molar-refractivity contribution in [2.24, 2.45) is 16.9 Å². The highest BCUT2D eigenvalue weighted by Crippen LogP contribution is 2.68. The summed E-state index contributed by atoms with van der Waals surface area (Å²) in [5.74, 6) is -27.5. The largest absolute Gasteiger partial charge is 0.398 e. The van der Waals surface area contributed by atoms with E-state index in [1.54, 1.807) is 0 Å². The van der Waals surface area contributed by atoms with E-state index in [-0.39, 0.29) is 0 Å². The highest BCUT2D eigenvalue weighted by molar-refractivity contribution is 5.96. The number of allylic oxidation sites excluding steroid dienone is 1. The Hall–Kier alpha value is -5.36. The topological polar surface area (TPSA) is 152 Å². The Labute approximate surface area is 243 Å². The van der Waals surface area contributed by atoms with Gasteiger partial charge in [-0.3, -0.25) is 0 Å². The van der Waals surface area contributed by atoms with Crippen LogP contribution in [0.2, 0.25) is 0 Å². The monoisotopic (exact) mass is 648 g/mol. The molecule has 2 atom stereocenters. The van der Waals surface area contributed by atoms with Gasteiger partial charge >= 0.3 is 0 Å². The van der Waals surface area contributed by atoms with Gasteiger partial charge in [-0.25, -0.2) is 52.7 Å². The second-order valence-electron chi connectivity index (χ2n) is 9.58. The molecular formula is C27H12F12N6. The first-order valence-electron chi connectivity index (χ1n) is 11.7. The summed E-state index contributed by atoms with van der Waals surface area (Å²) >= 11 is 0. The minimum Gasteiger partial charge on any atom is -0.398 e. The van der Waals surface area contributed by atoms with Gasteiger partial charge in [0.25, 0.3) is 0 Å². The summed E-state index contributed by atoms with van der Waals surface area (Å²) < 4.78 is 176. The molecule has 6 nitrogen and oxygen atoms in total. The van der Waals surface area contributed by atoms with E-state index in [1.807, 2.05) is 0 Å². The van der Waals surface area contributed by atoms with E-state index in [0.717, 1.165) is 12.1 Å². The van der Waals surface area contributed by atoms with Gasteiger partial charge in [0.05, 0.1) is 16.7 Å². The van der Waals surface area contributed by atoms with Crippen LogP contribution in [0.1, 0.15) is 35.2 Å². The molecule has 0 heterocycles. The lowest BCUT2D eigenvalue weighted by atomic mass is 9.87. The smallest absolute Gasteiger partial charge is 0.185 e. The van der Waals surface area contributed by atoms with Crippen molar-refractivity contribution in [2.75, 3.05) is 11.5 Å². The molecule has 0 aromatic heterocycles. The van der Waals surface area contributed by atoms with Gasteiger partial charge in [-0.15, -0.1) is 0 Å². The maximum atomic E-state index is 15.0. The lowest BCUT2D eigenvalue weighted by Gasteiger charge is -2.22. The Morgan fingerprint density at radius 3 is 1.33 bits per heavy atom. The second-order valence-corrected chi connectivity index (χ2v) is 9.58. The number of halogens is 12. The van der Waals surface area contributed by atoms with Gasteiger partial charge in [0.2, 0.25) is 0 Å². The standard InChI is InChI=1S/C27H12F12N6/c1-27(26(45)8-17(34)11(28)5(3-41)12(29)18(8)35)9(4(2-40)6-13(30)19(36)24(43)20(37)14(6)31)10(27)23(42)7-15(32)21(38)25(44)22(39)16(7)33/h26H,42-45H2,1H3/b9-4+,23-10+. The summed E-state index contributed by atoms with van der Waals surface area (Å²) in [6.07, 6.45) is 0. The molecule has 0 amide bonds. The van der Waals surface area contributed by atoms with E-state index < -0.39 is 137 Å². The van der Waals surface area contributed by atoms with Crippen molar-refractivity contribution in [1.82, 2.24) is 0 Å². The quantitative estimate of drug-likeness (QED) is 0.122. The predicted octanol–water partition coefficient (Wildman–Crippen LogP) is 5.76. The molecule has 1 aliphatic carbocycles. The number of nitrogen functional groups attached to an aromatic ring is 2. The SMILES string of the molecule is CC1(C(N)c2c(F)c(F)c(C#N)c(F)c2F)C(=C(/N)c2c(F)c(F)c(N)c(F)c2F)/C1=C(/C#N)c1c(F)c(F)c(N)c(F)c1F. The van der Waals surface area contributed by atoms with E-state index in [4.69, 9.17) is 28.2 Å². The van der Waals surface area contributed by atoms with Crippen LogP contribution < -0.4 is 22.9 Å². The molecule has 3 aromatic carbocycles. The van der Waals surface area contributed by atoms with Crippen molar-refractivity contribution in [3.8, 4) is 12.1 Å². The average molecular weight is 648 g/mol. The third-order valence-electron chi connectivity index (χ3n) is 7.31.